The summed E-state index contributed by atoms with van der Waals surface area (Å²) in [6, 6.07) is 7.97. The first-order chi connectivity index (χ1) is 10.2. The van der Waals surface area contributed by atoms with Gasteiger partial charge in [0.2, 0.25) is 5.91 Å². The fraction of sp³-hybridized carbons (Fsp3) is 0.588. The van der Waals surface area contributed by atoms with Gasteiger partial charge < -0.3 is 10.1 Å². The lowest BCUT2D eigenvalue weighted by Gasteiger charge is -2.31. The van der Waals surface area contributed by atoms with Crippen LogP contribution in [0.3, 0.4) is 0 Å². The molecule has 0 aliphatic carbocycles. The molecular formula is C17H26N2O2. The number of piperidine rings is 1. The van der Waals surface area contributed by atoms with Gasteiger partial charge in [0.05, 0.1) is 13.2 Å². The molecule has 1 aliphatic rings. The second-order valence-corrected chi connectivity index (χ2v) is 5.66. The summed E-state index contributed by atoms with van der Waals surface area (Å²) < 4.78 is 5.14. The molecule has 0 unspecified atom stereocenters. The molecule has 116 valence electrons. The van der Waals surface area contributed by atoms with Crippen molar-refractivity contribution >= 4 is 5.91 Å². The second-order valence-electron chi connectivity index (χ2n) is 5.66. The first-order valence-electron chi connectivity index (χ1n) is 7.85. The van der Waals surface area contributed by atoms with E-state index in [0.717, 1.165) is 25.3 Å². The molecule has 1 aromatic rings. The average molecular weight is 290 g/mol. The molecule has 0 bridgehead atoms. The van der Waals surface area contributed by atoms with Crippen LogP contribution < -0.4 is 10.1 Å². The van der Waals surface area contributed by atoms with Crippen LogP contribution in [0.5, 0.6) is 5.75 Å². The fourth-order valence-electron chi connectivity index (χ4n) is 2.74. The summed E-state index contributed by atoms with van der Waals surface area (Å²) in [6.45, 7) is 4.79. The zero-order valence-electron chi connectivity index (χ0n) is 13.1. The topological polar surface area (TPSA) is 41.6 Å². The Morgan fingerprint density at radius 2 is 1.90 bits per heavy atom. The van der Waals surface area contributed by atoms with Gasteiger partial charge in [-0.1, -0.05) is 18.6 Å². The van der Waals surface area contributed by atoms with E-state index < -0.39 is 0 Å². The van der Waals surface area contributed by atoms with E-state index in [0.29, 0.717) is 6.54 Å². The van der Waals surface area contributed by atoms with Gasteiger partial charge >= 0.3 is 0 Å². The van der Waals surface area contributed by atoms with Gasteiger partial charge in [0.1, 0.15) is 5.75 Å². The summed E-state index contributed by atoms with van der Waals surface area (Å²) in [5.74, 6) is 1.01. The van der Waals surface area contributed by atoms with Crippen LogP contribution in [-0.4, -0.2) is 43.6 Å². The van der Waals surface area contributed by atoms with E-state index >= 15 is 0 Å². The molecule has 1 atom stereocenters. The predicted molar refractivity (Wildman–Crippen MR) is 84.6 cm³/mol. The maximum atomic E-state index is 12.2. The smallest absolute Gasteiger partial charge is 0.237 e. The molecule has 21 heavy (non-hydrogen) atoms. The number of hydrogen-bond acceptors (Lipinski definition) is 3. The van der Waals surface area contributed by atoms with Crippen molar-refractivity contribution in [3.05, 3.63) is 29.8 Å². The van der Waals surface area contributed by atoms with Crippen LogP contribution in [0, 0.1) is 0 Å². The highest BCUT2D eigenvalue weighted by molar-refractivity contribution is 5.81. The van der Waals surface area contributed by atoms with Crippen molar-refractivity contribution in [3.8, 4) is 5.75 Å². The molecule has 1 aliphatic heterocycles. The predicted octanol–water partition coefficient (Wildman–Crippen LogP) is 2.23. The van der Waals surface area contributed by atoms with Crippen LogP contribution in [0.1, 0.15) is 31.7 Å². The first-order valence-corrected chi connectivity index (χ1v) is 7.85. The Morgan fingerprint density at radius 3 is 2.52 bits per heavy atom. The van der Waals surface area contributed by atoms with Gasteiger partial charge in [-0.25, -0.2) is 0 Å². The van der Waals surface area contributed by atoms with Gasteiger partial charge in [-0.2, -0.15) is 0 Å². The number of nitrogens with one attached hydrogen (secondary N) is 1. The molecule has 1 aromatic carbocycles. The third-order valence-corrected chi connectivity index (χ3v) is 4.19. The molecule has 4 nitrogen and oxygen atoms in total. The molecule has 2 rings (SSSR count). The SMILES string of the molecule is COc1ccc(CCNC(=O)[C@@H](C)N2CCCCC2)cc1. The monoisotopic (exact) mass is 290 g/mol. The van der Waals surface area contributed by atoms with E-state index in [-0.39, 0.29) is 11.9 Å². The number of benzene rings is 1. The minimum atomic E-state index is -0.0128. The lowest BCUT2D eigenvalue weighted by Crippen LogP contribution is -2.47. The van der Waals surface area contributed by atoms with Crippen molar-refractivity contribution in [2.24, 2.45) is 0 Å². The highest BCUT2D eigenvalue weighted by atomic mass is 16.5. The summed E-state index contributed by atoms with van der Waals surface area (Å²) in [7, 11) is 1.66. The Bertz CT molecular complexity index is 439. The molecule has 1 amide bonds. The average Bonchev–Trinajstić information content (AvgIpc) is 2.55. The van der Waals surface area contributed by atoms with E-state index in [1.54, 1.807) is 7.11 Å². The zero-order valence-corrected chi connectivity index (χ0v) is 13.1. The van der Waals surface area contributed by atoms with Gasteiger partial charge in [0, 0.05) is 6.54 Å². The van der Waals surface area contributed by atoms with E-state index in [1.807, 2.05) is 31.2 Å². The molecule has 4 heteroatoms. The Balaban J connectivity index is 1.72. The van der Waals surface area contributed by atoms with Crippen molar-refractivity contribution in [2.75, 3.05) is 26.7 Å². The van der Waals surface area contributed by atoms with Gasteiger partial charge in [-0.3, -0.25) is 9.69 Å². The standard InChI is InChI=1S/C17H26N2O2/c1-14(19-12-4-3-5-13-19)17(20)18-11-10-15-6-8-16(21-2)9-7-15/h6-9,14H,3-5,10-13H2,1-2H3,(H,18,20)/t14-/m1/s1. The van der Waals surface area contributed by atoms with E-state index in [2.05, 4.69) is 10.2 Å². The molecule has 0 aromatic heterocycles. The van der Waals surface area contributed by atoms with E-state index in [4.69, 9.17) is 4.74 Å². The minimum absolute atomic E-state index is 0.0128. The van der Waals surface area contributed by atoms with Gasteiger partial charge in [0.25, 0.3) is 0 Å². The maximum Gasteiger partial charge on any atom is 0.237 e. The molecule has 0 saturated carbocycles. The number of carbonyl (C=O) groups is 1. The first kappa shape index (κ1) is 15.8. The largest absolute Gasteiger partial charge is 0.497 e. The van der Waals surface area contributed by atoms with Crippen LogP contribution in [0.25, 0.3) is 0 Å². The fourth-order valence-corrected chi connectivity index (χ4v) is 2.74. The van der Waals surface area contributed by atoms with E-state index in [1.165, 1.54) is 24.8 Å². The van der Waals surface area contributed by atoms with E-state index in [9.17, 15) is 4.79 Å². The van der Waals surface area contributed by atoms with Gasteiger partial charge in [-0.15, -0.1) is 0 Å². The highest BCUT2D eigenvalue weighted by Crippen LogP contribution is 2.13. The normalized spacial score (nSPS) is 17.2. The van der Waals surface area contributed by atoms with Gasteiger partial charge in [-0.05, 0) is 57.0 Å². The van der Waals surface area contributed by atoms with Crippen LogP contribution >= 0.6 is 0 Å². The minimum Gasteiger partial charge on any atom is -0.497 e. The summed E-state index contributed by atoms with van der Waals surface area (Å²) >= 11 is 0. The number of carbonyl (C=O) groups excluding carboxylic acids is 1. The Hall–Kier alpha value is -1.55. The lowest BCUT2D eigenvalue weighted by molar-refractivity contribution is -0.126. The number of amides is 1. The molecule has 1 fully saturated rings. The quantitative estimate of drug-likeness (QED) is 0.873. The molecule has 0 radical (unpaired) electrons. The summed E-state index contributed by atoms with van der Waals surface area (Å²) in [4.78, 5) is 14.4. The summed E-state index contributed by atoms with van der Waals surface area (Å²) in [6.07, 6.45) is 4.57. The van der Waals surface area contributed by atoms with Crippen LogP contribution in [0.2, 0.25) is 0 Å². The lowest BCUT2D eigenvalue weighted by atomic mass is 10.1. The number of hydrogen-bond donors (Lipinski definition) is 1. The van der Waals surface area contributed by atoms with Crippen molar-refractivity contribution in [3.63, 3.8) is 0 Å². The van der Waals surface area contributed by atoms with Gasteiger partial charge in [0.15, 0.2) is 0 Å². The third kappa shape index (κ3) is 4.74. The zero-order chi connectivity index (χ0) is 15.1. The van der Waals surface area contributed by atoms with Crippen LogP contribution in [-0.2, 0) is 11.2 Å². The number of nitrogens with zero attached hydrogens (tertiary/aromatic N) is 1. The second kappa shape index (κ2) is 8.03. The highest BCUT2D eigenvalue weighted by Gasteiger charge is 2.22. The number of ether oxygens (including phenoxy) is 1. The third-order valence-electron chi connectivity index (χ3n) is 4.19. The van der Waals surface area contributed by atoms with Crippen molar-refractivity contribution < 1.29 is 9.53 Å². The van der Waals surface area contributed by atoms with Crippen molar-refractivity contribution in [1.82, 2.24) is 10.2 Å². The molecular weight excluding hydrogens is 264 g/mol. The molecule has 1 N–H and O–H groups in total. The Morgan fingerprint density at radius 1 is 1.24 bits per heavy atom. The maximum absolute atomic E-state index is 12.2. The number of methoxy groups -OCH3 is 1. The number of rotatable bonds is 6. The Labute approximate surface area is 127 Å². The Kier molecular flexibility index (Phi) is 6.05. The molecule has 1 heterocycles. The molecule has 0 spiro atoms. The van der Waals surface area contributed by atoms with Crippen molar-refractivity contribution in [1.29, 1.82) is 0 Å². The van der Waals surface area contributed by atoms with Crippen molar-refractivity contribution in [2.45, 2.75) is 38.6 Å². The number of likely N-dealkylation sites (tertiary alicyclic amines) is 1. The van der Waals surface area contributed by atoms with Crippen LogP contribution in [0.15, 0.2) is 24.3 Å². The van der Waals surface area contributed by atoms with Crippen LogP contribution in [0.4, 0.5) is 0 Å². The molecule has 1 saturated heterocycles. The summed E-state index contributed by atoms with van der Waals surface area (Å²) in [5.41, 5.74) is 1.21. The summed E-state index contributed by atoms with van der Waals surface area (Å²) in [5, 5.41) is 3.04.